The Morgan fingerprint density at radius 1 is 1.55 bits per heavy atom. The molecule has 1 amide bonds. The van der Waals surface area contributed by atoms with Crippen molar-refractivity contribution in [3.05, 3.63) is 35.1 Å². The normalized spacial score (nSPS) is 19.1. The molecule has 1 atom stereocenters. The minimum Gasteiger partial charge on any atom is -0.383 e. The Hall–Kier alpha value is -1.50. The van der Waals surface area contributed by atoms with Crippen LogP contribution in [-0.4, -0.2) is 56.9 Å². The van der Waals surface area contributed by atoms with Crippen LogP contribution in [0.5, 0.6) is 0 Å². The summed E-state index contributed by atoms with van der Waals surface area (Å²) in [5.74, 6) is -0.330. The molecule has 0 saturated carbocycles. The maximum Gasteiger partial charge on any atom is 0.234 e. The highest BCUT2D eigenvalue weighted by atomic mass is 19.1. The molecule has 1 aromatic carbocycles. The van der Waals surface area contributed by atoms with Gasteiger partial charge in [-0.05, 0) is 24.1 Å². The summed E-state index contributed by atoms with van der Waals surface area (Å²) in [4.78, 5) is 14.1. The van der Waals surface area contributed by atoms with Gasteiger partial charge in [-0.2, -0.15) is 0 Å². The van der Waals surface area contributed by atoms with Crippen molar-refractivity contribution in [1.82, 2.24) is 10.2 Å². The van der Waals surface area contributed by atoms with Crippen LogP contribution in [0.3, 0.4) is 0 Å². The van der Waals surface area contributed by atoms with E-state index in [1.807, 2.05) is 6.07 Å². The molecule has 1 aliphatic heterocycles. The number of morpholine rings is 1. The first-order valence-corrected chi connectivity index (χ1v) is 7.42. The number of hydrogen-bond acceptors (Lipinski definition) is 4. The fourth-order valence-corrected chi connectivity index (χ4v) is 2.43. The Balaban J connectivity index is 1.82. The largest absolute Gasteiger partial charge is 0.383 e. The number of nitrogens with zero attached hydrogens (tertiary/aromatic N) is 1. The summed E-state index contributed by atoms with van der Waals surface area (Å²) in [6.07, 6.45) is 0. The molecule has 5 nitrogen and oxygen atoms in total. The van der Waals surface area contributed by atoms with Crippen LogP contribution in [-0.2, 0) is 20.8 Å². The highest BCUT2D eigenvalue weighted by Crippen LogP contribution is 2.09. The smallest absolute Gasteiger partial charge is 0.234 e. The van der Waals surface area contributed by atoms with Crippen LogP contribution in [0, 0.1) is 12.7 Å². The van der Waals surface area contributed by atoms with Gasteiger partial charge in [-0.1, -0.05) is 12.1 Å². The predicted octanol–water partition coefficient (Wildman–Crippen LogP) is 1.10. The molecular weight excluding hydrogens is 287 g/mol. The van der Waals surface area contributed by atoms with Crippen LogP contribution in [0.4, 0.5) is 4.39 Å². The van der Waals surface area contributed by atoms with Crippen molar-refractivity contribution in [2.45, 2.75) is 19.5 Å². The number of ether oxygens (including phenoxy) is 2. The first-order chi connectivity index (χ1) is 10.6. The molecule has 1 fully saturated rings. The van der Waals surface area contributed by atoms with Gasteiger partial charge in [-0.25, -0.2) is 4.39 Å². The molecule has 0 bridgehead atoms. The van der Waals surface area contributed by atoms with Crippen molar-refractivity contribution in [1.29, 1.82) is 0 Å². The Morgan fingerprint density at radius 3 is 3.09 bits per heavy atom. The van der Waals surface area contributed by atoms with Crippen molar-refractivity contribution in [3.8, 4) is 0 Å². The SMILES string of the molecule is COCC1COCCN1CC(=O)NCc1ccc(C)c(F)c1. The molecule has 0 aliphatic carbocycles. The molecule has 6 heteroatoms. The molecule has 1 aliphatic rings. The highest BCUT2D eigenvalue weighted by Gasteiger charge is 2.24. The van der Waals surface area contributed by atoms with Gasteiger partial charge in [0, 0.05) is 20.2 Å². The Kier molecular flexibility index (Phi) is 6.30. The van der Waals surface area contributed by atoms with E-state index < -0.39 is 0 Å². The molecule has 1 heterocycles. The minimum atomic E-state index is -0.250. The summed E-state index contributed by atoms with van der Waals surface area (Å²) in [7, 11) is 1.64. The van der Waals surface area contributed by atoms with Crippen LogP contribution >= 0.6 is 0 Å². The van der Waals surface area contributed by atoms with Crippen molar-refractivity contribution in [3.63, 3.8) is 0 Å². The zero-order valence-corrected chi connectivity index (χ0v) is 13.1. The fourth-order valence-electron chi connectivity index (χ4n) is 2.43. The molecule has 0 spiro atoms. The van der Waals surface area contributed by atoms with Crippen LogP contribution in [0.2, 0.25) is 0 Å². The summed E-state index contributed by atoms with van der Waals surface area (Å²) in [6.45, 7) is 4.78. The highest BCUT2D eigenvalue weighted by molar-refractivity contribution is 5.78. The topological polar surface area (TPSA) is 50.8 Å². The zero-order valence-electron chi connectivity index (χ0n) is 13.1. The van der Waals surface area contributed by atoms with Gasteiger partial charge in [-0.15, -0.1) is 0 Å². The molecule has 1 aromatic rings. The number of hydrogen-bond donors (Lipinski definition) is 1. The monoisotopic (exact) mass is 310 g/mol. The first-order valence-electron chi connectivity index (χ1n) is 7.42. The number of carbonyl (C=O) groups excluding carboxylic acids is 1. The number of rotatable bonds is 6. The predicted molar refractivity (Wildman–Crippen MR) is 81.0 cm³/mol. The van der Waals surface area contributed by atoms with E-state index in [2.05, 4.69) is 10.2 Å². The number of nitrogens with one attached hydrogen (secondary N) is 1. The summed E-state index contributed by atoms with van der Waals surface area (Å²) in [5, 5.41) is 2.83. The minimum absolute atomic E-state index is 0.0796. The number of aryl methyl sites for hydroxylation is 1. The molecule has 2 rings (SSSR count). The quantitative estimate of drug-likeness (QED) is 0.855. The van der Waals surface area contributed by atoms with Gasteiger partial charge < -0.3 is 14.8 Å². The lowest BCUT2D eigenvalue weighted by molar-refractivity contribution is -0.125. The van der Waals surface area contributed by atoms with E-state index in [-0.39, 0.29) is 17.8 Å². The number of methoxy groups -OCH3 is 1. The maximum absolute atomic E-state index is 13.5. The molecular formula is C16H23FN2O3. The number of benzene rings is 1. The van der Waals surface area contributed by atoms with E-state index in [0.29, 0.717) is 45.0 Å². The van der Waals surface area contributed by atoms with E-state index in [4.69, 9.17) is 9.47 Å². The standard InChI is InChI=1S/C16H23FN2O3/c1-12-3-4-13(7-15(12)17)8-18-16(20)9-19-5-6-22-11-14(19)10-21-2/h3-4,7,14H,5-6,8-11H2,1-2H3,(H,18,20). The Morgan fingerprint density at radius 2 is 2.36 bits per heavy atom. The van der Waals surface area contributed by atoms with E-state index in [1.165, 1.54) is 6.07 Å². The average Bonchev–Trinajstić information content (AvgIpc) is 2.51. The van der Waals surface area contributed by atoms with Gasteiger partial charge in [-0.3, -0.25) is 9.69 Å². The van der Waals surface area contributed by atoms with Gasteiger partial charge in [0.2, 0.25) is 5.91 Å². The van der Waals surface area contributed by atoms with E-state index >= 15 is 0 Å². The third-order valence-corrected chi connectivity index (χ3v) is 3.78. The molecule has 22 heavy (non-hydrogen) atoms. The third kappa shape index (κ3) is 4.76. The fraction of sp³-hybridized carbons (Fsp3) is 0.562. The van der Waals surface area contributed by atoms with E-state index in [9.17, 15) is 9.18 Å². The van der Waals surface area contributed by atoms with Gasteiger partial charge in [0.25, 0.3) is 0 Å². The third-order valence-electron chi connectivity index (χ3n) is 3.78. The van der Waals surface area contributed by atoms with Gasteiger partial charge >= 0.3 is 0 Å². The van der Waals surface area contributed by atoms with Gasteiger partial charge in [0.1, 0.15) is 5.82 Å². The second-order valence-electron chi connectivity index (χ2n) is 5.51. The number of halogens is 1. The lowest BCUT2D eigenvalue weighted by Crippen LogP contribution is -2.51. The second kappa shape index (κ2) is 8.22. The summed E-state index contributed by atoms with van der Waals surface area (Å²) < 4.78 is 24.0. The van der Waals surface area contributed by atoms with Crippen LogP contribution in [0.15, 0.2) is 18.2 Å². The summed E-state index contributed by atoms with van der Waals surface area (Å²) in [5.41, 5.74) is 1.36. The molecule has 0 aromatic heterocycles. The lowest BCUT2D eigenvalue weighted by Gasteiger charge is -2.34. The molecule has 122 valence electrons. The van der Waals surface area contributed by atoms with Crippen molar-refractivity contribution >= 4 is 5.91 Å². The van der Waals surface area contributed by atoms with Crippen LogP contribution in [0.1, 0.15) is 11.1 Å². The molecule has 1 N–H and O–H groups in total. The van der Waals surface area contributed by atoms with Crippen LogP contribution < -0.4 is 5.32 Å². The maximum atomic E-state index is 13.5. The van der Waals surface area contributed by atoms with Gasteiger partial charge in [0.05, 0.1) is 32.4 Å². The van der Waals surface area contributed by atoms with E-state index in [0.717, 1.165) is 5.56 Å². The van der Waals surface area contributed by atoms with Crippen molar-refractivity contribution in [2.75, 3.05) is 40.0 Å². The molecule has 1 saturated heterocycles. The van der Waals surface area contributed by atoms with Gasteiger partial charge in [0.15, 0.2) is 0 Å². The average molecular weight is 310 g/mol. The Bertz CT molecular complexity index is 508. The number of amides is 1. The first kappa shape index (κ1) is 16.9. The van der Waals surface area contributed by atoms with Crippen molar-refractivity contribution in [2.24, 2.45) is 0 Å². The lowest BCUT2D eigenvalue weighted by atomic mass is 10.1. The summed E-state index contributed by atoms with van der Waals surface area (Å²) >= 11 is 0. The van der Waals surface area contributed by atoms with E-state index in [1.54, 1.807) is 20.1 Å². The number of carbonyl (C=O) groups is 1. The Labute approximate surface area is 130 Å². The van der Waals surface area contributed by atoms with Crippen molar-refractivity contribution < 1.29 is 18.7 Å². The van der Waals surface area contributed by atoms with Crippen LogP contribution in [0.25, 0.3) is 0 Å². The zero-order chi connectivity index (χ0) is 15.9. The second-order valence-corrected chi connectivity index (χ2v) is 5.51. The molecule has 1 unspecified atom stereocenters. The molecule has 0 radical (unpaired) electrons. The summed E-state index contributed by atoms with van der Waals surface area (Å²) in [6, 6.07) is 5.09.